The number of methoxy groups -OCH3 is 1. The lowest BCUT2D eigenvalue weighted by molar-refractivity contribution is -0.133. The molecule has 1 fully saturated rings. The molecule has 0 spiro atoms. The van der Waals surface area contributed by atoms with Gasteiger partial charge in [-0.2, -0.15) is 0 Å². The Bertz CT molecular complexity index is 994. The van der Waals surface area contributed by atoms with Gasteiger partial charge in [-0.1, -0.05) is 25.1 Å². The molecule has 7 nitrogen and oxygen atoms in total. The predicted molar refractivity (Wildman–Crippen MR) is 112 cm³/mol. The Kier molecular flexibility index (Phi) is 6.16. The van der Waals surface area contributed by atoms with E-state index in [2.05, 4.69) is 9.97 Å². The average molecular weight is 409 g/mol. The van der Waals surface area contributed by atoms with Gasteiger partial charge in [0, 0.05) is 43.9 Å². The van der Waals surface area contributed by atoms with E-state index >= 15 is 0 Å². The van der Waals surface area contributed by atoms with Crippen molar-refractivity contribution in [3.05, 3.63) is 65.9 Å². The maximum atomic E-state index is 12.8. The summed E-state index contributed by atoms with van der Waals surface area (Å²) in [5.41, 5.74) is 1.07. The van der Waals surface area contributed by atoms with Gasteiger partial charge in [-0.15, -0.1) is 0 Å². The lowest BCUT2D eigenvalue weighted by atomic mass is 9.98. The molecule has 1 atom stereocenters. The number of carbonyl (C=O) groups is 1. The van der Waals surface area contributed by atoms with E-state index in [1.54, 1.807) is 19.5 Å². The highest BCUT2D eigenvalue weighted by Crippen LogP contribution is 2.28. The fraction of sp³-hybridized carbons (Fsp3) is 0.435. The van der Waals surface area contributed by atoms with Crippen LogP contribution < -0.4 is 4.74 Å². The van der Waals surface area contributed by atoms with E-state index in [0.29, 0.717) is 25.4 Å². The molecule has 1 aliphatic rings. The highest BCUT2D eigenvalue weighted by atomic mass is 16.5. The highest BCUT2D eigenvalue weighted by Gasteiger charge is 2.28. The van der Waals surface area contributed by atoms with Gasteiger partial charge in [0.05, 0.1) is 19.2 Å². The SMILES string of the molecule is CCc1nccn1CC(=O)N1CCC[C@H](c2ncc(Cc3ccccc3OC)o2)C1. The van der Waals surface area contributed by atoms with Gasteiger partial charge in [-0.25, -0.2) is 9.97 Å². The van der Waals surface area contributed by atoms with E-state index in [1.807, 2.05) is 46.9 Å². The van der Waals surface area contributed by atoms with E-state index in [4.69, 9.17) is 9.15 Å². The van der Waals surface area contributed by atoms with E-state index in [-0.39, 0.29) is 11.8 Å². The lowest BCUT2D eigenvalue weighted by Crippen LogP contribution is -2.41. The number of aromatic nitrogens is 3. The van der Waals surface area contributed by atoms with Crippen molar-refractivity contribution in [2.75, 3.05) is 20.2 Å². The summed E-state index contributed by atoms with van der Waals surface area (Å²) in [6.45, 7) is 3.80. The number of piperidine rings is 1. The Labute approximate surface area is 176 Å². The summed E-state index contributed by atoms with van der Waals surface area (Å²) in [6.07, 6.45) is 8.79. The minimum absolute atomic E-state index is 0.119. The second kappa shape index (κ2) is 9.15. The summed E-state index contributed by atoms with van der Waals surface area (Å²) < 4.78 is 13.4. The van der Waals surface area contributed by atoms with Crippen LogP contribution in [0.1, 0.15) is 48.7 Å². The molecule has 1 amide bonds. The molecule has 30 heavy (non-hydrogen) atoms. The maximum absolute atomic E-state index is 12.8. The monoisotopic (exact) mass is 408 g/mol. The first-order chi connectivity index (χ1) is 14.7. The second-order valence-electron chi connectivity index (χ2n) is 7.66. The number of carbonyl (C=O) groups excluding carboxylic acids is 1. The van der Waals surface area contributed by atoms with Gasteiger partial charge in [0.25, 0.3) is 0 Å². The van der Waals surface area contributed by atoms with Crippen LogP contribution in [-0.2, 0) is 24.2 Å². The summed E-state index contributed by atoms with van der Waals surface area (Å²) >= 11 is 0. The van der Waals surface area contributed by atoms with E-state index in [1.165, 1.54) is 0 Å². The van der Waals surface area contributed by atoms with Gasteiger partial charge < -0.3 is 18.6 Å². The molecular weight excluding hydrogens is 380 g/mol. The molecule has 1 saturated heterocycles. The van der Waals surface area contributed by atoms with Crippen molar-refractivity contribution >= 4 is 5.91 Å². The molecule has 3 aromatic rings. The third kappa shape index (κ3) is 4.40. The number of likely N-dealkylation sites (tertiary alicyclic amines) is 1. The number of amides is 1. The molecular formula is C23H28N4O3. The average Bonchev–Trinajstić information content (AvgIpc) is 3.43. The molecule has 4 rings (SSSR count). The Hall–Kier alpha value is -3.09. The van der Waals surface area contributed by atoms with Gasteiger partial charge in [0.2, 0.25) is 5.91 Å². The fourth-order valence-corrected chi connectivity index (χ4v) is 4.08. The molecule has 158 valence electrons. The van der Waals surface area contributed by atoms with Gasteiger partial charge >= 0.3 is 0 Å². The topological polar surface area (TPSA) is 73.4 Å². The number of nitrogens with zero attached hydrogens (tertiary/aromatic N) is 4. The Morgan fingerprint density at radius 1 is 1.30 bits per heavy atom. The molecule has 0 N–H and O–H groups in total. The summed E-state index contributed by atoms with van der Waals surface area (Å²) in [6, 6.07) is 7.92. The second-order valence-corrected chi connectivity index (χ2v) is 7.66. The Morgan fingerprint density at radius 3 is 3.00 bits per heavy atom. The van der Waals surface area contributed by atoms with Crippen molar-refractivity contribution in [3.63, 3.8) is 0 Å². The van der Waals surface area contributed by atoms with Crippen LogP contribution >= 0.6 is 0 Å². The maximum Gasteiger partial charge on any atom is 0.242 e. The third-order valence-electron chi connectivity index (χ3n) is 5.68. The first kappa shape index (κ1) is 20.2. The molecule has 7 heteroatoms. The van der Waals surface area contributed by atoms with Gasteiger partial charge in [0.1, 0.15) is 23.9 Å². The summed E-state index contributed by atoms with van der Waals surface area (Å²) in [4.78, 5) is 23.6. The largest absolute Gasteiger partial charge is 0.496 e. The van der Waals surface area contributed by atoms with Crippen LogP contribution in [0.4, 0.5) is 0 Å². The van der Waals surface area contributed by atoms with Crippen LogP contribution in [0.3, 0.4) is 0 Å². The molecule has 1 aliphatic heterocycles. The summed E-state index contributed by atoms with van der Waals surface area (Å²) in [7, 11) is 1.67. The first-order valence-corrected chi connectivity index (χ1v) is 10.5. The van der Waals surface area contributed by atoms with Crippen molar-refractivity contribution in [2.24, 2.45) is 0 Å². The number of para-hydroxylation sites is 1. The number of ether oxygens (including phenoxy) is 1. The highest BCUT2D eigenvalue weighted by molar-refractivity contribution is 5.76. The predicted octanol–water partition coefficient (Wildman–Crippen LogP) is 3.44. The van der Waals surface area contributed by atoms with Crippen molar-refractivity contribution in [1.82, 2.24) is 19.4 Å². The number of hydrogen-bond donors (Lipinski definition) is 0. The first-order valence-electron chi connectivity index (χ1n) is 10.5. The Morgan fingerprint density at radius 2 is 2.17 bits per heavy atom. The molecule has 0 aliphatic carbocycles. The molecule has 1 aromatic carbocycles. The van der Waals surface area contributed by atoms with E-state index in [0.717, 1.165) is 48.7 Å². The molecule has 0 radical (unpaired) electrons. The molecule has 3 heterocycles. The van der Waals surface area contributed by atoms with Crippen molar-refractivity contribution in [3.8, 4) is 5.75 Å². The fourth-order valence-electron chi connectivity index (χ4n) is 4.08. The van der Waals surface area contributed by atoms with Crippen molar-refractivity contribution < 1.29 is 13.9 Å². The normalized spacial score (nSPS) is 16.6. The minimum Gasteiger partial charge on any atom is -0.496 e. The zero-order valence-corrected chi connectivity index (χ0v) is 17.6. The van der Waals surface area contributed by atoms with Crippen LogP contribution in [-0.4, -0.2) is 45.5 Å². The third-order valence-corrected chi connectivity index (χ3v) is 5.68. The van der Waals surface area contributed by atoms with Crippen molar-refractivity contribution in [1.29, 1.82) is 0 Å². The number of imidazole rings is 1. The number of rotatable bonds is 7. The number of aryl methyl sites for hydroxylation is 1. The van der Waals surface area contributed by atoms with Crippen LogP contribution in [0.2, 0.25) is 0 Å². The number of oxazole rings is 1. The quantitative estimate of drug-likeness (QED) is 0.599. The standard InChI is InChI=1S/C23H28N4O3/c1-3-21-24-10-12-26(21)16-22(28)27-11-6-8-18(15-27)23-25-14-19(30-23)13-17-7-4-5-9-20(17)29-2/h4-5,7,9-10,12,14,18H,3,6,8,11,13,15-16H2,1-2H3/t18-/m0/s1. The minimum atomic E-state index is 0.119. The van der Waals surface area contributed by atoms with E-state index < -0.39 is 0 Å². The molecule has 0 unspecified atom stereocenters. The summed E-state index contributed by atoms with van der Waals surface area (Å²) in [5, 5.41) is 0. The van der Waals surface area contributed by atoms with Crippen LogP contribution in [0.25, 0.3) is 0 Å². The number of hydrogen-bond acceptors (Lipinski definition) is 5. The van der Waals surface area contributed by atoms with E-state index in [9.17, 15) is 4.79 Å². The van der Waals surface area contributed by atoms with Gasteiger partial charge in [-0.05, 0) is 18.9 Å². The van der Waals surface area contributed by atoms with Gasteiger partial charge in [0.15, 0.2) is 5.89 Å². The molecule has 0 saturated carbocycles. The molecule has 0 bridgehead atoms. The lowest BCUT2D eigenvalue weighted by Gasteiger charge is -2.31. The van der Waals surface area contributed by atoms with Crippen LogP contribution in [0, 0.1) is 0 Å². The van der Waals surface area contributed by atoms with Crippen LogP contribution in [0.5, 0.6) is 5.75 Å². The molecule has 2 aromatic heterocycles. The van der Waals surface area contributed by atoms with Crippen LogP contribution in [0.15, 0.2) is 47.3 Å². The van der Waals surface area contributed by atoms with Gasteiger partial charge in [-0.3, -0.25) is 4.79 Å². The zero-order chi connectivity index (χ0) is 20.9. The van der Waals surface area contributed by atoms with Crippen molar-refractivity contribution in [2.45, 2.75) is 45.1 Å². The Balaban J connectivity index is 1.40. The number of benzene rings is 1. The smallest absolute Gasteiger partial charge is 0.242 e. The zero-order valence-electron chi connectivity index (χ0n) is 17.6. The summed E-state index contributed by atoms with van der Waals surface area (Å²) in [5.74, 6) is 3.55.